The first-order valence-corrected chi connectivity index (χ1v) is 13.0. The molecule has 0 saturated heterocycles. The molecule has 1 aromatic heterocycles. The van der Waals surface area contributed by atoms with Crippen LogP contribution in [-0.2, 0) is 9.47 Å². The average Bonchev–Trinajstić information content (AvgIpc) is 3.12. The lowest BCUT2D eigenvalue weighted by atomic mass is 10.00. The predicted molar refractivity (Wildman–Crippen MR) is 127 cm³/mol. The van der Waals surface area contributed by atoms with Crippen LogP contribution in [0.15, 0.2) is 24.3 Å². The molecule has 0 radical (unpaired) electrons. The predicted octanol–water partition coefficient (Wildman–Crippen LogP) is 5.96. The molecule has 1 aromatic carbocycles. The van der Waals surface area contributed by atoms with Crippen molar-refractivity contribution in [3.8, 4) is 22.6 Å². The first kappa shape index (κ1) is 25.4. The van der Waals surface area contributed by atoms with E-state index in [1.807, 2.05) is 0 Å². The fraction of sp³-hybridized carbons (Fsp3) is 0.440. The maximum atomic E-state index is 13.5. The number of esters is 2. The van der Waals surface area contributed by atoms with E-state index in [1.54, 1.807) is 0 Å². The van der Waals surface area contributed by atoms with Crippen LogP contribution < -0.4 is 0 Å². The fourth-order valence-corrected chi connectivity index (χ4v) is 9.87. The molecule has 0 saturated carbocycles. The molecule has 0 amide bonds. The molecule has 5 nitrogen and oxygen atoms in total. The Bertz CT molecular complexity index is 1020. The number of carbonyl (C=O) groups is 2. The van der Waals surface area contributed by atoms with Gasteiger partial charge in [0.15, 0.2) is 0 Å². The first-order chi connectivity index (χ1) is 15.0. The molecule has 0 aliphatic rings. The highest BCUT2D eigenvalue weighted by Gasteiger charge is 2.42. The van der Waals surface area contributed by atoms with Crippen LogP contribution in [0.5, 0.6) is 0 Å². The van der Waals surface area contributed by atoms with Gasteiger partial charge in [-0.2, -0.15) is 0 Å². The Morgan fingerprint density at radius 3 is 1.84 bits per heavy atom. The number of ether oxygens (including phenoxy) is 2. The van der Waals surface area contributed by atoms with Gasteiger partial charge in [-0.25, -0.2) is 14.0 Å². The van der Waals surface area contributed by atoms with Crippen LogP contribution >= 0.6 is 0 Å². The van der Waals surface area contributed by atoms with Gasteiger partial charge in [-0.3, -0.25) is 0 Å². The zero-order chi connectivity index (χ0) is 24.2. The van der Waals surface area contributed by atoms with Crippen molar-refractivity contribution in [1.82, 2.24) is 4.98 Å². The van der Waals surface area contributed by atoms with E-state index in [-0.39, 0.29) is 11.3 Å². The van der Waals surface area contributed by atoms with Crippen molar-refractivity contribution < 1.29 is 23.5 Å². The molecule has 0 spiro atoms. The summed E-state index contributed by atoms with van der Waals surface area (Å²) >= 11 is 0. The molecule has 0 fully saturated rings. The van der Waals surface area contributed by atoms with Gasteiger partial charge in [0.2, 0.25) is 0 Å². The van der Waals surface area contributed by atoms with E-state index in [0.29, 0.717) is 33.4 Å². The molecule has 0 unspecified atom stereocenters. The highest BCUT2D eigenvalue weighted by molar-refractivity contribution is 6.90. The molecule has 0 atom stereocenters. The Morgan fingerprint density at radius 1 is 0.906 bits per heavy atom. The maximum absolute atomic E-state index is 13.5. The molecular formula is C25H32FNO4Si. The van der Waals surface area contributed by atoms with Crippen molar-refractivity contribution in [3.63, 3.8) is 0 Å². The van der Waals surface area contributed by atoms with Crippen molar-refractivity contribution >= 4 is 20.0 Å². The molecule has 0 aliphatic heterocycles. The first-order valence-electron chi connectivity index (χ1n) is 10.7. The van der Waals surface area contributed by atoms with Gasteiger partial charge in [-0.15, -0.1) is 5.54 Å². The van der Waals surface area contributed by atoms with Gasteiger partial charge >= 0.3 is 11.9 Å². The normalized spacial score (nSPS) is 11.5. The SMILES string of the molecule is COC(=O)c1[nH]c(C#C[Si](C(C)C)(C(C)C)C(C)C)c(C(=O)OC)c1-c1ccc(F)cc1. The van der Waals surface area contributed by atoms with Gasteiger partial charge in [0.25, 0.3) is 0 Å². The topological polar surface area (TPSA) is 68.4 Å². The number of aromatic amines is 1. The van der Waals surface area contributed by atoms with E-state index < -0.39 is 25.8 Å². The van der Waals surface area contributed by atoms with Crippen molar-refractivity contribution in [2.75, 3.05) is 14.2 Å². The summed E-state index contributed by atoms with van der Waals surface area (Å²) in [5.41, 5.74) is 6.04. The summed E-state index contributed by atoms with van der Waals surface area (Å²) < 4.78 is 23.5. The van der Waals surface area contributed by atoms with Crippen LogP contribution in [-0.4, -0.2) is 39.2 Å². The number of hydrogen-bond donors (Lipinski definition) is 1. The third kappa shape index (κ3) is 4.65. The lowest BCUT2D eigenvalue weighted by molar-refractivity contribution is 0.0593. The van der Waals surface area contributed by atoms with Crippen LogP contribution in [0.1, 0.15) is 68.1 Å². The van der Waals surface area contributed by atoms with Crippen molar-refractivity contribution in [1.29, 1.82) is 0 Å². The number of benzene rings is 1. The second-order valence-electron chi connectivity index (χ2n) is 8.76. The number of nitrogens with one attached hydrogen (secondary N) is 1. The van der Waals surface area contributed by atoms with Gasteiger partial charge in [0.05, 0.1) is 14.2 Å². The number of rotatable bonds is 6. The Hall–Kier alpha value is -2.85. The highest BCUT2D eigenvalue weighted by Crippen LogP contribution is 2.41. The minimum atomic E-state index is -2.11. The molecule has 0 aliphatic carbocycles. The van der Waals surface area contributed by atoms with Crippen LogP contribution in [0.2, 0.25) is 16.6 Å². The van der Waals surface area contributed by atoms with Crippen LogP contribution in [0, 0.1) is 17.3 Å². The van der Waals surface area contributed by atoms with Gasteiger partial charge in [0, 0.05) is 5.56 Å². The second kappa shape index (κ2) is 10.2. The van der Waals surface area contributed by atoms with E-state index in [9.17, 15) is 14.0 Å². The molecule has 0 bridgehead atoms. The van der Waals surface area contributed by atoms with Crippen molar-refractivity contribution in [2.45, 2.75) is 58.2 Å². The number of hydrogen-bond acceptors (Lipinski definition) is 4. The van der Waals surface area contributed by atoms with Gasteiger partial charge in [-0.05, 0) is 34.3 Å². The zero-order valence-electron chi connectivity index (χ0n) is 20.1. The largest absolute Gasteiger partial charge is 0.465 e. The molecule has 1 heterocycles. The standard InChI is InChI=1S/C25H32FNO4Si/c1-15(2)32(16(3)4,17(5)6)14-13-20-22(24(28)30-7)21(23(27-20)25(29)31-8)18-9-11-19(26)12-10-18/h9-12,15-17,27H,1-8H3. The number of methoxy groups -OCH3 is 2. The summed E-state index contributed by atoms with van der Waals surface area (Å²) in [7, 11) is 0.423. The molecule has 2 rings (SSSR count). The Balaban J connectivity index is 2.88. The highest BCUT2D eigenvalue weighted by atomic mass is 28.3. The van der Waals surface area contributed by atoms with Crippen molar-refractivity contribution in [2.24, 2.45) is 0 Å². The maximum Gasteiger partial charge on any atom is 0.355 e. The smallest absolute Gasteiger partial charge is 0.355 e. The van der Waals surface area contributed by atoms with Gasteiger partial charge < -0.3 is 14.5 Å². The summed E-state index contributed by atoms with van der Waals surface area (Å²) in [5, 5.41) is 0. The van der Waals surface area contributed by atoms with Crippen LogP contribution in [0.4, 0.5) is 4.39 Å². The fourth-order valence-electron chi connectivity index (χ4n) is 4.66. The molecule has 1 N–H and O–H groups in total. The number of H-pyrrole nitrogens is 1. The zero-order valence-corrected chi connectivity index (χ0v) is 21.1. The molecule has 7 heteroatoms. The Kier molecular flexibility index (Phi) is 8.08. The summed E-state index contributed by atoms with van der Waals surface area (Å²) in [6, 6.07) is 5.54. The van der Waals surface area contributed by atoms with Crippen molar-refractivity contribution in [3.05, 3.63) is 47.0 Å². The van der Waals surface area contributed by atoms with Gasteiger partial charge in [0.1, 0.15) is 30.8 Å². The summed E-state index contributed by atoms with van der Waals surface area (Å²) in [4.78, 5) is 28.4. The quantitative estimate of drug-likeness (QED) is 0.330. The van der Waals surface area contributed by atoms with E-state index in [1.165, 1.54) is 38.5 Å². The monoisotopic (exact) mass is 457 g/mol. The third-order valence-corrected chi connectivity index (χ3v) is 12.5. The third-order valence-electron chi connectivity index (χ3n) is 6.18. The molecule has 32 heavy (non-hydrogen) atoms. The minimum absolute atomic E-state index is 0.0784. The van der Waals surface area contributed by atoms with E-state index in [4.69, 9.17) is 9.47 Å². The lowest BCUT2D eigenvalue weighted by Gasteiger charge is -2.38. The number of halogens is 1. The Labute approximate surface area is 190 Å². The lowest BCUT2D eigenvalue weighted by Crippen LogP contribution is -2.43. The summed E-state index contributed by atoms with van der Waals surface area (Å²) in [5.74, 6) is 1.50. The van der Waals surface area contributed by atoms with Crippen LogP contribution in [0.3, 0.4) is 0 Å². The van der Waals surface area contributed by atoms with E-state index in [2.05, 4.69) is 58.0 Å². The number of carbonyl (C=O) groups excluding carboxylic acids is 2. The van der Waals surface area contributed by atoms with Gasteiger partial charge in [-0.1, -0.05) is 59.6 Å². The summed E-state index contributed by atoms with van der Waals surface area (Å²) in [6.07, 6.45) is 0. The number of aromatic nitrogens is 1. The minimum Gasteiger partial charge on any atom is -0.465 e. The van der Waals surface area contributed by atoms with Crippen LogP contribution in [0.25, 0.3) is 11.1 Å². The average molecular weight is 458 g/mol. The second-order valence-corrected chi connectivity index (χ2v) is 14.3. The molecule has 2 aromatic rings. The van der Waals surface area contributed by atoms with E-state index >= 15 is 0 Å². The summed E-state index contributed by atoms with van der Waals surface area (Å²) in [6.45, 7) is 13.2. The van der Waals surface area contributed by atoms with E-state index in [0.717, 1.165) is 0 Å². The Morgan fingerprint density at radius 2 is 1.41 bits per heavy atom. The molecular weight excluding hydrogens is 425 g/mol. The molecule has 172 valence electrons.